The van der Waals surface area contributed by atoms with Crippen molar-refractivity contribution in [2.75, 3.05) is 6.61 Å². The molecule has 0 aliphatic rings. The van der Waals surface area contributed by atoms with Crippen LogP contribution in [0.2, 0.25) is 0 Å². The molecule has 0 amide bonds. The molecule has 2 aromatic rings. The molecular formula is C15H11Br3O3. The standard InChI is InChI=1S/C15H11Br3O3/c1-9-2-4-13(11(17)6-9)20-8-15(19)21-14-5-3-10(16)7-12(14)18/h2-7H,8H2,1H3. The summed E-state index contributed by atoms with van der Waals surface area (Å²) in [6, 6.07) is 10.9. The smallest absolute Gasteiger partial charge is 0.349 e. The van der Waals surface area contributed by atoms with E-state index in [4.69, 9.17) is 9.47 Å². The van der Waals surface area contributed by atoms with E-state index in [1.54, 1.807) is 18.2 Å². The van der Waals surface area contributed by atoms with Crippen LogP contribution in [-0.2, 0) is 4.79 Å². The highest BCUT2D eigenvalue weighted by atomic mass is 79.9. The molecule has 0 fully saturated rings. The molecule has 0 spiro atoms. The van der Waals surface area contributed by atoms with Crippen LogP contribution in [0, 0.1) is 6.92 Å². The fraction of sp³-hybridized carbons (Fsp3) is 0.133. The molecule has 0 heterocycles. The molecule has 0 radical (unpaired) electrons. The number of rotatable bonds is 4. The third-order valence-corrected chi connectivity index (χ3v) is 4.28. The van der Waals surface area contributed by atoms with Crippen molar-refractivity contribution < 1.29 is 14.3 Å². The van der Waals surface area contributed by atoms with Crippen molar-refractivity contribution in [3.63, 3.8) is 0 Å². The van der Waals surface area contributed by atoms with Gasteiger partial charge in [0.05, 0.1) is 8.95 Å². The molecule has 2 rings (SSSR count). The molecule has 0 saturated carbocycles. The Hall–Kier alpha value is -0.850. The number of carbonyl (C=O) groups excluding carboxylic acids is 1. The van der Waals surface area contributed by atoms with Gasteiger partial charge in [0.1, 0.15) is 11.5 Å². The molecule has 0 saturated heterocycles. The summed E-state index contributed by atoms with van der Waals surface area (Å²) in [6.07, 6.45) is 0. The van der Waals surface area contributed by atoms with Crippen LogP contribution in [0.5, 0.6) is 11.5 Å². The third kappa shape index (κ3) is 4.83. The van der Waals surface area contributed by atoms with E-state index in [0.29, 0.717) is 16.0 Å². The van der Waals surface area contributed by atoms with E-state index >= 15 is 0 Å². The van der Waals surface area contributed by atoms with Crippen LogP contribution in [0.15, 0.2) is 49.8 Å². The van der Waals surface area contributed by atoms with Gasteiger partial charge in [-0.05, 0) is 74.7 Å². The van der Waals surface area contributed by atoms with Gasteiger partial charge in [0.15, 0.2) is 6.61 Å². The van der Waals surface area contributed by atoms with E-state index in [2.05, 4.69) is 47.8 Å². The largest absolute Gasteiger partial charge is 0.481 e. The highest BCUT2D eigenvalue weighted by molar-refractivity contribution is 9.11. The summed E-state index contributed by atoms with van der Waals surface area (Å²) < 4.78 is 13.1. The first-order valence-corrected chi connectivity index (χ1v) is 8.38. The summed E-state index contributed by atoms with van der Waals surface area (Å²) in [5, 5.41) is 0. The highest BCUT2D eigenvalue weighted by Gasteiger charge is 2.10. The van der Waals surface area contributed by atoms with Gasteiger partial charge in [-0.3, -0.25) is 0 Å². The predicted octanol–water partition coefficient (Wildman–Crippen LogP) is 5.27. The van der Waals surface area contributed by atoms with Crippen LogP contribution in [0.25, 0.3) is 0 Å². The molecule has 110 valence electrons. The Balaban J connectivity index is 1.96. The predicted molar refractivity (Wildman–Crippen MR) is 91.9 cm³/mol. The van der Waals surface area contributed by atoms with Gasteiger partial charge in [0.25, 0.3) is 0 Å². The van der Waals surface area contributed by atoms with Crippen LogP contribution in [-0.4, -0.2) is 12.6 Å². The maximum absolute atomic E-state index is 11.8. The summed E-state index contributed by atoms with van der Waals surface area (Å²) in [7, 11) is 0. The van der Waals surface area contributed by atoms with Crippen molar-refractivity contribution in [3.05, 3.63) is 55.4 Å². The van der Waals surface area contributed by atoms with Gasteiger partial charge in [0.2, 0.25) is 0 Å². The van der Waals surface area contributed by atoms with Crippen LogP contribution < -0.4 is 9.47 Å². The zero-order chi connectivity index (χ0) is 15.4. The molecule has 3 nitrogen and oxygen atoms in total. The Morgan fingerprint density at radius 3 is 2.33 bits per heavy atom. The molecule has 0 aromatic heterocycles. The summed E-state index contributed by atoms with van der Waals surface area (Å²) in [6.45, 7) is 1.82. The molecule has 0 aliphatic heterocycles. The zero-order valence-corrected chi connectivity index (χ0v) is 15.8. The summed E-state index contributed by atoms with van der Waals surface area (Å²) in [4.78, 5) is 11.8. The van der Waals surface area contributed by atoms with Gasteiger partial charge in [-0.1, -0.05) is 22.0 Å². The van der Waals surface area contributed by atoms with E-state index in [9.17, 15) is 4.79 Å². The summed E-state index contributed by atoms with van der Waals surface area (Å²) >= 11 is 10.1. The number of hydrogen-bond donors (Lipinski definition) is 0. The van der Waals surface area contributed by atoms with Gasteiger partial charge in [-0.25, -0.2) is 4.79 Å². The molecule has 0 N–H and O–H groups in total. The minimum absolute atomic E-state index is 0.163. The molecule has 21 heavy (non-hydrogen) atoms. The number of esters is 1. The van der Waals surface area contributed by atoms with Gasteiger partial charge in [0, 0.05) is 4.47 Å². The fourth-order valence-electron chi connectivity index (χ4n) is 1.57. The highest BCUT2D eigenvalue weighted by Crippen LogP contribution is 2.29. The van der Waals surface area contributed by atoms with Crippen LogP contribution in [0.4, 0.5) is 0 Å². The minimum Gasteiger partial charge on any atom is -0.481 e. The summed E-state index contributed by atoms with van der Waals surface area (Å²) in [5.74, 6) is 0.590. The molecule has 0 bridgehead atoms. The average Bonchev–Trinajstić information content (AvgIpc) is 2.41. The monoisotopic (exact) mass is 476 g/mol. The second-order valence-electron chi connectivity index (χ2n) is 4.27. The van der Waals surface area contributed by atoms with Crippen molar-refractivity contribution in [1.82, 2.24) is 0 Å². The molecule has 6 heteroatoms. The second-order valence-corrected chi connectivity index (χ2v) is 6.90. The molecular weight excluding hydrogens is 468 g/mol. The van der Waals surface area contributed by atoms with Gasteiger partial charge < -0.3 is 9.47 Å². The van der Waals surface area contributed by atoms with Crippen molar-refractivity contribution in [3.8, 4) is 11.5 Å². The number of ether oxygens (including phenoxy) is 2. The SMILES string of the molecule is Cc1ccc(OCC(=O)Oc2ccc(Br)cc2Br)c(Br)c1. The number of carbonyl (C=O) groups is 1. The number of halogens is 3. The van der Waals surface area contributed by atoms with Crippen molar-refractivity contribution >= 4 is 53.8 Å². The van der Waals surface area contributed by atoms with Gasteiger partial charge >= 0.3 is 5.97 Å². The third-order valence-electron chi connectivity index (χ3n) is 2.55. The Labute approximate surface area is 148 Å². The van der Waals surface area contributed by atoms with Crippen molar-refractivity contribution in [1.29, 1.82) is 0 Å². The second kappa shape index (κ2) is 7.42. The lowest BCUT2D eigenvalue weighted by Gasteiger charge is -2.09. The topological polar surface area (TPSA) is 35.5 Å². The van der Waals surface area contributed by atoms with Crippen LogP contribution >= 0.6 is 47.8 Å². The first-order valence-electron chi connectivity index (χ1n) is 6.00. The molecule has 0 atom stereocenters. The lowest BCUT2D eigenvalue weighted by molar-refractivity contribution is -0.136. The first kappa shape index (κ1) is 16.5. The Kier molecular flexibility index (Phi) is 5.84. The Bertz CT molecular complexity index is 671. The van der Waals surface area contributed by atoms with Crippen LogP contribution in [0.1, 0.15) is 5.56 Å². The normalized spacial score (nSPS) is 10.3. The van der Waals surface area contributed by atoms with E-state index in [1.165, 1.54) is 0 Å². The Morgan fingerprint density at radius 1 is 1.00 bits per heavy atom. The molecule has 2 aromatic carbocycles. The maximum atomic E-state index is 11.8. The summed E-state index contributed by atoms with van der Waals surface area (Å²) in [5.41, 5.74) is 1.11. The van der Waals surface area contributed by atoms with E-state index < -0.39 is 5.97 Å². The lowest BCUT2D eigenvalue weighted by Crippen LogP contribution is -2.18. The number of hydrogen-bond acceptors (Lipinski definition) is 3. The van der Waals surface area contributed by atoms with Crippen molar-refractivity contribution in [2.24, 2.45) is 0 Å². The first-order chi connectivity index (χ1) is 9.95. The van der Waals surface area contributed by atoms with Crippen LogP contribution in [0.3, 0.4) is 0 Å². The maximum Gasteiger partial charge on any atom is 0.349 e. The van der Waals surface area contributed by atoms with E-state index in [0.717, 1.165) is 14.5 Å². The van der Waals surface area contributed by atoms with Gasteiger partial charge in [-0.2, -0.15) is 0 Å². The zero-order valence-electron chi connectivity index (χ0n) is 11.0. The average molecular weight is 479 g/mol. The quantitative estimate of drug-likeness (QED) is 0.444. The van der Waals surface area contributed by atoms with Gasteiger partial charge in [-0.15, -0.1) is 0 Å². The fourth-order valence-corrected chi connectivity index (χ4v) is 3.31. The van der Waals surface area contributed by atoms with E-state index in [1.807, 2.05) is 25.1 Å². The number of aryl methyl sites for hydroxylation is 1. The van der Waals surface area contributed by atoms with Crippen molar-refractivity contribution in [2.45, 2.75) is 6.92 Å². The molecule has 0 unspecified atom stereocenters. The Morgan fingerprint density at radius 2 is 1.67 bits per heavy atom. The molecule has 0 aliphatic carbocycles. The lowest BCUT2D eigenvalue weighted by atomic mass is 10.2. The minimum atomic E-state index is -0.467. The van der Waals surface area contributed by atoms with E-state index in [-0.39, 0.29) is 6.61 Å². The number of benzene rings is 2.